The molecule has 4 nitrogen and oxygen atoms in total. The molecular weight excluding hydrogens is 282 g/mol. The number of amides is 1. The summed E-state index contributed by atoms with van der Waals surface area (Å²) in [6, 6.07) is 9.27. The van der Waals surface area contributed by atoms with Crippen LogP contribution in [0.3, 0.4) is 0 Å². The maximum absolute atomic E-state index is 12.3. The highest BCUT2D eigenvalue weighted by Gasteiger charge is 2.35. The minimum atomic E-state index is -0.204. The minimum Gasteiger partial charge on any atom is -0.350 e. The number of anilines is 1. The van der Waals surface area contributed by atoms with Crippen molar-refractivity contribution in [2.75, 3.05) is 11.4 Å². The van der Waals surface area contributed by atoms with Crippen LogP contribution < -0.4 is 16.0 Å². The average Bonchev–Trinajstić information content (AvgIpc) is 2.66. The molecule has 0 aromatic heterocycles. The minimum absolute atomic E-state index is 0. The summed E-state index contributed by atoms with van der Waals surface area (Å²) < 4.78 is 0. The molecule has 1 fully saturated rings. The number of hydrogen-bond acceptors (Lipinski definition) is 3. The summed E-state index contributed by atoms with van der Waals surface area (Å²) in [5.74, 6) is 0.0308. The monoisotopic (exact) mass is 299 g/mol. The second kappa shape index (κ2) is 7.43. The Balaban J connectivity index is 0.00000180. The zero-order chi connectivity index (χ0) is 13.0. The standard InChI is InChI=1S/C13H17N3OS.ClH/c14-9-5-4-8-11-12(17)16(13(18)15-11)10-6-2-1-3-7-10;/h1-3,6-7,11H,4-5,8-9,14H2,(H,15,18);1H. The second-order valence-corrected chi connectivity index (χ2v) is 4.68. The van der Waals surface area contributed by atoms with Crippen molar-refractivity contribution < 1.29 is 4.79 Å². The summed E-state index contributed by atoms with van der Waals surface area (Å²) in [6.07, 6.45) is 2.65. The van der Waals surface area contributed by atoms with Crippen molar-refractivity contribution in [2.45, 2.75) is 25.3 Å². The molecule has 3 N–H and O–H groups in total. The fourth-order valence-corrected chi connectivity index (χ4v) is 2.38. The number of nitrogens with one attached hydrogen (secondary N) is 1. The molecule has 1 aliphatic rings. The first kappa shape index (κ1) is 15.9. The van der Waals surface area contributed by atoms with Gasteiger partial charge in [-0.3, -0.25) is 9.69 Å². The van der Waals surface area contributed by atoms with E-state index in [0.29, 0.717) is 11.7 Å². The van der Waals surface area contributed by atoms with Crippen LogP contribution in [-0.4, -0.2) is 23.6 Å². The number of hydrogen-bond donors (Lipinski definition) is 2. The smallest absolute Gasteiger partial charge is 0.255 e. The van der Waals surface area contributed by atoms with Crippen molar-refractivity contribution in [3.05, 3.63) is 30.3 Å². The van der Waals surface area contributed by atoms with Gasteiger partial charge in [-0.2, -0.15) is 0 Å². The molecule has 104 valence electrons. The van der Waals surface area contributed by atoms with E-state index in [1.165, 1.54) is 0 Å². The van der Waals surface area contributed by atoms with Gasteiger partial charge in [0, 0.05) is 0 Å². The Labute approximate surface area is 124 Å². The van der Waals surface area contributed by atoms with Crippen molar-refractivity contribution in [3.8, 4) is 0 Å². The molecular formula is C13H18ClN3OS. The summed E-state index contributed by atoms with van der Waals surface area (Å²) in [5.41, 5.74) is 6.27. The predicted octanol–water partition coefficient (Wildman–Crippen LogP) is 1.83. The third kappa shape index (κ3) is 3.65. The molecule has 1 amide bonds. The van der Waals surface area contributed by atoms with Gasteiger partial charge in [-0.1, -0.05) is 18.2 Å². The quantitative estimate of drug-likeness (QED) is 0.643. The maximum Gasteiger partial charge on any atom is 0.255 e. The molecule has 1 aromatic carbocycles. The van der Waals surface area contributed by atoms with Gasteiger partial charge in [0.05, 0.1) is 5.69 Å². The third-order valence-corrected chi connectivity index (χ3v) is 3.28. The zero-order valence-electron chi connectivity index (χ0n) is 10.5. The number of thiocarbonyl (C=S) groups is 1. The number of benzene rings is 1. The summed E-state index contributed by atoms with van der Waals surface area (Å²) in [4.78, 5) is 13.8. The van der Waals surface area contributed by atoms with E-state index in [9.17, 15) is 4.79 Å². The van der Waals surface area contributed by atoms with Crippen LogP contribution in [0, 0.1) is 0 Å². The molecule has 0 spiro atoms. The summed E-state index contributed by atoms with van der Waals surface area (Å²) >= 11 is 5.22. The molecule has 1 saturated heterocycles. The predicted molar refractivity (Wildman–Crippen MR) is 83.6 cm³/mol. The molecule has 0 radical (unpaired) electrons. The molecule has 1 unspecified atom stereocenters. The topological polar surface area (TPSA) is 58.4 Å². The summed E-state index contributed by atoms with van der Waals surface area (Å²) in [7, 11) is 0. The Morgan fingerprint density at radius 2 is 1.95 bits per heavy atom. The van der Waals surface area contributed by atoms with Crippen LogP contribution in [0.4, 0.5) is 5.69 Å². The van der Waals surface area contributed by atoms with E-state index in [-0.39, 0.29) is 24.4 Å². The number of para-hydroxylation sites is 1. The lowest BCUT2D eigenvalue weighted by Crippen LogP contribution is -2.31. The highest BCUT2D eigenvalue weighted by Crippen LogP contribution is 2.20. The number of unbranched alkanes of at least 4 members (excludes halogenated alkanes) is 1. The van der Waals surface area contributed by atoms with Crippen molar-refractivity contribution in [1.29, 1.82) is 0 Å². The van der Waals surface area contributed by atoms with Crippen LogP contribution in [0.5, 0.6) is 0 Å². The first-order valence-electron chi connectivity index (χ1n) is 6.13. The van der Waals surface area contributed by atoms with E-state index >= 15 is 0 Å². The van der Waals surface area contributed by atoms with Crippen LogP contribution in [0.2, 0.25) is 0 Å². The van der Waals surface area contributed by atoms with Crippen LogP contribution >= 0.6 is 24.6 Å². The number of rotatable bonds is 5. The second-order valence-electron chi connectivity index (χ2n) is 4.30. The Morgan fingerprint density at radius 1 is 1.26 bits per heavy atom. The fourth-order valence-electron chi connectivity index (χ4n) is 2.04. The molecule has 1 aromatic rings. The van der Waals surface area contributed by atoms with Crippen LogP contribution in [0.1, 0.15) is 19.3 Å². The van der Waals surface area contributed by atoms with Crippen LogP contribution in [-0.2, 0) is 4.79 Å². The summed E-state index contributed by atoms with van der Waals surface area (Å²) in [5, 5.41) is 3.57. The average molecular weight is 300 g/mol. The van der Waals surface area contributed by atoms with E-state index in [0.717, 1.165) is 24.9 Å². The molecule has 0 bridgehead atoms. The fraction of sp³-hybridized carbons (Fsp3) is 0.385. The van der Waals surface area contributed by atoms with E-state index in [2.05, 4.69) is 5.32 Å². The molecule has 6 heteroatoms. The molecule has 1 heterocycles. The number of halogens is 1. The number of nitrogens with two attached hydrogens (primary N) is 1. The Kier molecular flexibility index (Phi) is 6.21. The van der Waals surface area contributed by atoms with Gasteiger partial charge in [0.15, 0.2) is 5.11 Å². The van der Waals surface area contributed by atoms with Gasteiger partial charge < -0.3 is 11.1 Å². The number of nitrogens with zero attached hydrogens (tertiary/aromatic N) is 1. The molecule has 0 aliphatic carbocycles. The maximum atomic E-state index is 12.3. The van der Waals surface area contributed by atoms with E-state index in [4.69, 9.17) is 18.0 Å². The van der Waals surface area contributed by atoms with Crippen molar-refractivity contribution >= 4 is 41.3 Å². The zero-order valence-corrected chi connectivity index (χ0v) is 12.2. The Morgan fingerprint density at radius 3 is 2.58 bits per heavy atom. The Hall–Kier alpha value is -1.17. The van der Waals surface area contributed by atoms with E-state index < -0.39 is 0 Å². The SMILES string of the molecule is Cl.NCCCCC1NC(=S)N(c2ccccc2)C1=O. The Bertz CT molecular complexity index is 441. The van der Waals surface area contributed by atoms with Gasteiger partial charge >= 0.3 is 0 Å². The van der Waals surface area contributed by atoms with Gasteiger partial charge in [-0.05, 0) is 50.2 Å². The largest absolute Gasteiger partial charge is 0.350 e. The molecule has 19 heavy (non-hydrogen) atoms. The highest BCUT2D eigenvalue weighted by molar-refractivity contribution is 7.80. The van der Waals surface area contributed by atoms with Gasteiger partial charge in [-0.25, -0.2) is 0 Å². The number of carbonyl (C=O) groups excluding carboxylic acids is 1. The first-order valence-corrected chi connectivity index (χ1v) is 6.54. The highest BCUT2D eigenvalue weighted by atomic mass is 35.5. The lowest BCUT2D eigenvalue weighted by molar-refractivity contribution is -0.118. The molecule has 1 atom stereocenters. The molecule has 0 saturated carbocycles. The van der Waals surface area contributed by atoms with Crippen molar-refractivity contribution in [1.82, 2.24) is 5.32 Å². The van der Waals surface area contributed by atoms with Gasteiger partial charge in [0.2, 0.25) is 0 Å². The normalized spacial score (nSPS) is 18.2. The van der Waals surface area contributed by atoms with Gasteiger partial charge in [-0.15, -0.1) is 12.4 Å². The molecule has 1 aliphatic heterocycles. The lowest BCUT2D eigenvalue weighted by atomic mass is 10.1. The van der Waals surface area contributed by atoms with Crippen LogP contribution in [0.25, 0.3) is 0 Å². The van der Waals surface area contributed by atoms with Crippen molar-refractivity contribution in [2.24, 2.45) is 5.73 Å². The first-order chi connectivity index (χ1) is 8.74. The van der Waals surface area contributed by atoms with E-state index in [1.807, 2.05) is 30.3 Å². The van der Waals surface area contributed by atoms with Crippen LogP contribution in [0.15, 0.2) is 30.3 Å². The molecule has 2 rings (SSSR count). The van der Waals surface area contributed by atoms with Crippen molar-refractivity contribution in [3.63, 3.8) is 0 Å². The lowest BCUT2D eigenvalue weighted by Gasteiger charge is -2.14. The number of carbonyl (C=O) groups is 1. The summed E-state index contributed by atoms with van der Waals surface area (Å²) in [6.45, 7) is 0.660. The third-order valence-electron chi connectivity index (χ3n) is 2.98. The van der Waals surface area contributed by atoms with Gasteiger partial charge in [0.1, 0.15) is 6.04 Å². The van der Waals surface area contributed by atoms with E-state index in [1.54, 1.807) is 4.90 Å². The van der Waals surface area contributed by atoms with Gasteiger partial charge in [0.25, 0.3) is 5.91 Å².